The maximum Gasteiger partial charge on any atom is 0.324 e. The number of amides is 3. The number of ether oxygens (including phenoxy) is 2. The molecule has 8 aliphatic rings. The molecule has 1 aromatic carbocycles. The zero-order chi connectivity index (χ0) is 49.2. The average molecular weight is 972 g/mol. The molecule has 15 heteroatoms. The molecule has 3 unspecified atom stereocenters. The highest BCUT2D eigenvalue weighted by Crippen LogP contribution is 2.46. The van der Waals surface area contributed by atoms with Gasteiger partial charge in [0.25, 0.3) is 5.91 Å². The van der Waals surface area contributed by atoms with Gasteiger partial charge >= 0.3 is 5.97 Å². The highest BCUT2D eigenvalue weighted by molar-refractivity contribution is 5.95. The minimum absolute atomic E-state index is 0.0167. The lowest BCUT2D eigenvalue weighted by Crippen LogP contribution is -2.63. The van der Waals surface area contributed by atoms with Crippen LogP contribution in [0.25, 0.3) is 27.7 Å². The van der Waals surface area contributed by atoms with Crippen LogP contribution in [0.3, 0.4) is 0 Å². The van der Waals surface area contributed by atoms with Crippen molar-refractivity contribution in [3.05, 3.63) is 59.4 Å². The van der Waals surface area contributed by atoms with Crippen molar-refractivity contribution in [2.75, 3.05) is 66.1 Å². The molecular formula is C56H77N9O6. The summed E-state index contributed by atoms with van der Waals surface area (Å²) in [7, 11) is 1.72. The highest BCUT2D eigenvalue weighted by Gasteiger charge is 2.55. The fourth-order valence-electron chi connectivity index (χ4n) is 13.6. The molecule has 6 bridgehead atoms. The fourth-order valence-corrected chi connectivity index (χ4v) is 13.6. The van der Waals surface area contributed by atoms with E-state index in [9.17, 15) is 9.59 Å². The van der Waals surface area contributed by atoms with Crippen molar-refractivity contribution in [1.82, 2.24) is 45.3 Å². The quantitative estimate of drug-likeness (QED) is 0.165. The van der Waals surface area contributed by atoms with E-state index in [0.29, 0.717) is 50.9 Å². The molecular weight excluding hydrogens is 895 g/mol. The number of cyclic esters (lactones) is 1. The van der Waals surface area contributed by atoms with Crippen molar-refractivity contribution in [2.24, 2.45) is 22.7 Å². The predicted molar refractivity (Wildman–Crippen MR) is 273 cm³/mol. The second-order valence-corrected chi connectivity index (χ2v) is 23.4. The van der Waals surface area contributed by atoms with Crippen molar-refractivity contribution in [3.63, 3.8) is 0 Å². The molecule has 1 spiro atoms. The normalized spacial score (nSPS) is 30.3. The van der Waals surface area contributed by atoms with Gasteiger partial charge in [-0.25, -0.2) is 5.43 Å². The van der Waals surface area contributed by atoms with Gasteiger partial charge in [-0.15, -0.1) is 0 Å². The number of fused-ring (bicyclic) bond motifs is 6. The first-order chi connectivity index (χ1) is 34.3. The third-order valence-electron chi connectivity index (χ3n) is 17.7. The molecule has 6 fully saturated rings. The SMILES string of the molecule is CCn1c(-c2cccnc2[C@H](C)OC)c2c3cc(ccc31)C1=CCCN(C1)C[C@H](NC(=O)C(C1CCCC1)N1CC[C@]3(CCN(C(=O)[C@@H]4NC4C4CC4)C3)C1)C(=O)N1CCC[C@H](N1)C(=O)OCC(C)(C)C2. The minimum atomic E-state index is -0.842. The van der Waals surface area contributed by atoms with Crippen LogP contribution in [0.15, 0.2) is 42.6 Å². The van der Waals surface area contributed by atoms with Gasteiger partial charge in [0, 0.05) is 99.0 Å². The predicted octanol–water partition coefficient (Wildman–Crippen LogP) is 5.86. The standard InChI is InChI=1S/C56H77N9O6/c1-6-64-45-20-19-38-28-41(45)42(50(64)40-15-9-23-57-46(40)35(2)70-5)29-55(3,4)34-71-54(69)43-16-11-25-65(60-43)52(67)44(31-61-24-10-14-39(38)30-61)58-51(66)49(37-12-7-8-13-37)62-26-21-56(32-62)22-27-63(33-56)53(68)48-47(59-48)36-17-18-36/h9,14-15,19-20,23,28,35-37,43-44,47-49,59-60H,6-8,10-13,16-18,21-22,24-27,29-34H2,1-5H3,(H,58,66)/t35-,43-,44-,47?,48+,49?,56-/m0/s1. The van der Waals surface area contributed by atoms with E-state index >= 15 is 9.59 Å². The van der Waals surface area contributed by atoms with Crippen molar-refractivity contribution < 1.29 is 28.7 Å². The van der Waals surface area contributed by atoms with Crippen molar-refractivity contribution in [3.8, 4) is 11.3 Å². The Morgan fingerprint density at radius 3 is 2.61 bits per heavy atom. The van der Waals surface area contributed by atoms with E-state index < -0.39 is 17.5 Å². The van der Waals surface area contributed by atoms with E-state index in [0.717, 1.165) is 118 Å². The Morgan fingerprint density at radius 2 is 1.82 bits per heavy atom. The van der Waals surface area contributed by atoms with Crippen molar-refractivity contribution in [1.29, 1.82) is 0 Å². The van der Waals surface area contributed by atoms with E-state index in [1.165, 1.54) is 24.0 Å². The lowest BCUT2D eigenvalue weighted by molar-refractivity contribution is -0.155. The summed E-state index contributed by atoms with van der Waals surface area (Å²) in [6.07, 6.45) is 15.1. The Bertz CT molecular complexity index is 2570. The van der Waals surface area contributed by atoms with Crippen LogP contribution in [-0.2, 0) is 41.6 Å². The Balaban J connectivity index is 0.894. The number of aromatic nitrogens is 2. The van der Waals surface area contributed by atoms with Crippen LogP contribution in [0.5, 0.6) is 0 Å². The van der Waals surface area contributed by atoms with Gasteiger partial charge in [0.15, 0.2) is 0 Å². The molecule has 0 radical (unpaired) electrons. The summed E-state index contributed by atoms with van der Waals surface area (Å²) in [4.78, 5) is 69.6. The van der Waals surface area contributed by atoms with Crippen molar-refractivity contribution >= 4 is 40.2 Å². The number of carbonyl (C=O) groups excluding carboxylic acids is 4. The van der Waals surface area contributed by atoms with Crippen LogP contribution in [0.1, 0.15) is 121 Å². The van der Waals surface area contributed by atoms with Crippen molar-refractivity contribution in [2.45, 2.75) is 148 Å². The third kappa shape index (κ3) is 9.70. The van der Waals surface area contributed by atoms with Gasteiger partial charge in [-0.3, -0.25) is 44.3 Å². The molecule has 4 saturated heterocycles. The average Bonchev–Trinajstić information content (AvgIpc) is 4.19. The number of hydrogen-bond acceptors (Lipinski definition) is 11. The van der Waals surface area contributed by atoms with E-state index in [1.54, 1.807) is 12.1 Å². The molecule has 15 nitrogen and oxygen atoms in total. The van der Waals surface area contributed by atoms with Gasteiger partial charge in [0.05, 0.1) is 30.1 Å². The number of methoxy groups -OCH3 is 1. The summed E-state index contributed by atoms with van der Waals surface area (Å²) in [6, 6.07) is 9.41. The van der Waals surface area contributed by atoms with Gasteiger partial charge in [-0.1, -0.05) is 38.8 Å². The highest BCUT2D eigenvalue weighted by atomic mass is 16.5. The molecule has 2 aromatic heterocycles. The monoisotopic (exact) mass is 972 g/mol. The molecule has 8 atom stereocenters. The zero-order valence-electron chi connectivity index (χ0n) is 42.8. The topological polar surface area (TPSA) is 164 Å². The van der Waals surface area contributed by atoms with Crippen LogP contribution < -0.4 is 16.1 Å². The van der Waals surface area contributed by atoms with Crippen LogP contribution >= 0.6 is 0 Å². The molecule has 71 heavy (non-hydrogen) atoms. The van der Waals surface area contributed by atoms with Gasteiger partial charge in [0.1, 0.15) is 18.1 Å². The number of nitrogens with zero attached hydrogens (tertiary/aromatic N) is 6. The van der Waals surface area contributed by atoms with E-state index in [-0.39, 0.29) is 59.8 Å². The number of pyridine rings is 1. The molecule has 2 saturated carbocycles. The first-order valence-corrected chi connectivity index (χ1v) is 27.2. The van der Waals surface area contributed by atoms with Gasteiger partial charge in [0.2, 0.25) is 11.8 Å². The number of aryl methyl sites for hydroxylation is 1. The van der Waals surface area contributed by atoms with Gasteiger partial charge < -0.3 is 24.3 Å². The summed E-state index contributed by atoms with van der Waals surface area (Å²) < 4.78 is 14.5. The summed E-state index contributed by atoms with van der Waals surface area (Å²) in [5.41, 5.74) is 10.5. The fraction of sp³-hybridized carbons (Fsp3) is 0.661. The molecule has 11 rings (SSSR count). The Morgan fingerprint density at radius 1 is 1.00 bits per heavy atom. The molecule has 3 aromatic rings. The Hall–Kier alpha value is -4.67. The summed E-state index contributed by atoms with van der Waals surface area (Å²) in [5, 5.41) is 9.63. The Kier molecular flexibility index (Phi) is 13.4. The molecule has 2 aliphatic carbocycles. The number of esters is 1. The van der Waals surface area contributed by atoms with E-state index in [1.807, 2.05) is 19.2 Å². The second kappa shape index (κ2) is 19.6. The van der Waals surface area contributed by atoms with Gasteiger partial charge in [-0.2, -0.15) is 0 Å². The van der Waals surface area contributed by atoms with Crippen LogP contribution in [0.4, 0.5) is 0 Å². The molecule has 6 aliphatic heterocycles. The van der Waals surface area contributed by atoms with Crippen LogP contribution in [-0.4, -0.2) is 149 Å². The first-order valence-electron chi connectivity index (χ1n) is 27.2. The van der Waals surface area contributed by atoms with E-state index in [4.69, 9.17) is 14.5 Å². The maximum atomic E-state index is 15.2. The summed E-state index contributed by atoms with van der Waals surface area (Å²) in [6.45, 7) is 14.7. The van der Waals surface area contributed by atoms with E-state index in [2.05, 4.69) is 86.4 Å². The smallest absolute Gasteiger partial charge is 0.324 e. The maximum absolute atomic E-state index is 15.2. The van der Waals surface area contributed by atoms with Crippen LogP contribution in [0, 0.1) is 22.7 Å². The second-order valence-electron chi connectivity index (χ2n) is 23.4. The number of nitrogens with one attached hydrogen (secondary N) is 3. The summed E-state index contributed by atoms with van der Waals surface area (Å²) >= 11 is 0. The zero-order valence-corrected chi connectivity index (χ0v) is 42.8. The number of hydrogen-bond donors (Lipinski definition) is 3. The number of carbonyl (C=O) groups is 4. The lowest BCUT2D eigenvalue weighted by Gasteiger charge is -2.39. The molecule has 382 valence electrons. The molecule has 3 amide bonds. The number of rotatable bonds is 10. The molecule has 3 N–H and O–H groups in total. The molecule has 8 heterocycles. The largest absolute Gasteiger partial charge is 0.464 e. The number of likely N-dealkylation sites (tertiary alicyclic amines) is 2. The Labute approximate surface area is 419 Å². The van der Waals surface area contributed by atoms with Crippen LogP contribution in [0.2, 0.25) is 0 Å². The number of benzene rings is 1. The minimum Gasteiger partial charge on any atom is -0.464 e. The number of hydrazine groups is 1. The first kappa shape index (κ1) is 48.6. The third-order valence-corrected chi connectivity index (χ3v) is 17.7. The summed E-state index contributed by atoms with van der Waals surface area (Å²) in [5.74, 6) is 0.447. The lowest BCUT2D eigenvalue weighted by atomic mass is 9.84. The van der Waals surface area contributed by atoms with Gasteiger partial charge in [-0.05, 0) is 137 Å².